The summed E-state index contributed by atoms with van der Waals surface area (Å²) in [5.74, 6) is 0.991. The van der Waals surface area contributed by atoms with E-state index in [0.717, 1.165) is 29.8 Å². The van der Waals surface area contributed by atoms with Crippen molar-refractivity contribution in [3.63, 3.8) is 0 Å². The van der Waals surface area contributed by atoms with E-state index in [-0.39, 0.29) is 30.0 Å². The maximum Gasteiger partial charge on any atom is 0.295 e. The van der Waals surface area contributed by atoms with Crippen LogP contribution in [0.15, 0.2) is 40.5 Å². The molecule has 0 spiro atoms. The number of anilines is 1. The summed E-state index contributed by atoms with van der Waals surface area (Å²) in [6.07, 6.45) is 6.68. The summed E-state index contributed by atoms with van der Waals surface area (Å²) in [5, 5.41) is 3.06. The van der Waals surface area contributed by atoms with Gasteiger partial charge in [-0.15, -0.1) is 0 Å². The number of hydrogen-bond donors (Lipinski definition) is 1. The van der Waals surface area contributed by atoms with Crippen LogP contribution < -0.4 is 10.9 Å². The van der Waals surface area contributed by atoms with Gasteiger partial charge < -0.3 is 5.32 Å². The molecule has 0 saturated heterocycles. The predicted molar refractivity (Wildman–Crippen MR) is 146 cm³/mol. The van der Waals surface area contributed by atoms with E-state index >= 15 is 0 Å². The van der Waals surface area contributed by atoms with Gasteiger partial charge in [0, 0.05) is 19.1 Å². The fourth-order valence-electron chi connectivity index (χ4n) is 4.31. The van der Waals surface area contributed by atoms with E-state index in [4.69, 9.17) is 4.98 Å². The van der Waals surface area contributed by atoms with Crippen LogP contribution in [0.5, 0.6) is 0 Å². The van der Waals surface area contributed by atoms with Crippen LogP contribution >= 0.6 is 0 Å². The molecule has 1 fully saturated rings. The highest BCUT2D eigenvalue weighted by atomic mass is 32.2. The number of sulfone groups is 1. The molecule has 1 N–H and O–H groups in total. The molecule has 1 aliphatic carbocycles. The molecule has 1 aliphatic rings. The molecule has 0 radical (unpaired) electrons. The van der Waals surface area contributed by atoms with Crippen LogP contribution in [0.2, 0.25) is 0 Å². The molecule has 4 heterocycles. The lowest BCUT2D eigenvalue weighted by Gasteiger charge is -2.24. The number of aromatic nitrogens is 7. The molecule has 11 nitrogen and oxygen atoms in total. The summed E-state index contributed by atoms with van der Waals surface area (Å²) in [7, 11) is -3.34. The van der Waals surface area contributed by atoms with Gasteiger partial charge in [0.2, 0.25) is 0 Å². The van der Waals surface area contributed by atoms with Gasteiger partial charge in [0.1, 0.15) is 11.8 Å². The van der Waals surface area contributed by atoms with Gasteiger partial charge >= 0.3 is 0 Å². The summed E-state index contributed by atoms with van der Waals surface area (Å²) < 4.78 is 25.7. The molecule has 12 heteroatoms. The minimum atomic E-state index is -3.34. The van der Waals surface area contributed by atoms with E-state index < -0.39 is 15.4 Å². The Kier molecular flexibility index (Phi) is 6.46. The first-order chi connectivity index (χ1) is 18.0. The zero-order valence-corrected chi connectivity index (χ0v) is 22.9. The van der Waals surface area contributed by atoms with Crippen molar-refractivity contribution in [1.29, 1.82) is 0 Å². The lowest BCUT2D eigenvalue weighted by Crippen LogP contribution is -2.36. The number of fused-ring (bicyclic) bond motifs is 1. The molecular formula is C26H32N8O3S. The number of nitrogens with zero attached hydrogens (tertiary/aromatic N) is 7. The molecule has 0 aromatic carbocycles. The summed E-state index contributed by atoms with van der Waals surface area (Å²) >= 11 is 0. The van der Waals surface area contributed by atoms with E-state index in [1.807, 2.05) is 27.7 Å². The van der Waals surface area contributed by atoms with Gasteiger partial charge in [0.05, 0.1) is 46.0 Å². The van der Waals surface area contributed by atoms with Crippen molar-refractivity contribution in [2.45, 2.75) is 70.4 Å². The number of rotatable bonds is 7. The second kappa shape index (κ2) is 9.50. The van der Waals surface area contributed by atoms with Crippen LogP contribution in [0.3, 0.4) is 0 Å². The summed E-state index contributed by atoms with van der Waals surface area (Å²) in [4.78, 5) is 40.9. The highest BCUT2D eigenvalue weighted by molar-refractivity contribution is 7.91. The first-order valence-electron chi connectivity index (χ1n) is 12.5. The lowest BCUT2D eigenvalue weighted by molar-refractivity contribution is 0.395. The average molecular weight is 537 g/mol. The Morgan fingerprint density at radius 2 is 1.84 bits per heavy atom. The molecule has 4 aromatic heterocycles. The van der Waals surface area contributed by atoms with Gasteiger partial charge in [-0.2, -0.15) is 0 Å². The monoisotopic (exact) mass is 536 g/mol. The molecule has 0 atom stereocenters. The molecule has 200 valence electrons. The number of aryl methyl sites for hydroxylation is 1. The van der Waals surface area contributed by atoms with Crippen molar-refractivity contribution in [3.05, 3.63) is 58.3 Å². The minimum Gasteiger partial charge on any atom is -0.360 e. The van der Waals surface area contributed by atoms with Gasteiger partial charge in [-0.25, -0.2) is 33.3 Å². The number of hydrogen-bond acceptors (Lipinski definition) is 10. The molecule has 5 rings (SSSR count). The zero-order valence-electron chi connectivity index (χ0n) is 22.1. The van der Waals surface area contributed by atoms with Crippen molar-refractivity contribution in [2.75, 3.05) is 11.1 Å². The third-order valence-corrected chi connectivity index (χ3v) is 8.22. The normalized spacial score (nSPS) is 14.1. The Morgan fingerprint density at radius 3 is 2.47 bits per heavy atom. The highest BCUT2D eigenvalue weighted by Gasteiger charge is 2.31. The van der Waals surface area contributed by atoms with E-state index in [0.29, 0.717) is 28.6 Å². The zero-order chi connectivity index (χ0) is 27.2. The first-order valence-corrected chi connectivity index (χ1v) is 14.2. The molecule has 38 heavy (non-hydrogen) atoms. The minimum absolute atomic E-state index is 0. The molecular weight excluding hydrogens is 504 g/mol. The van der Waals surface area contributed by atoms with Gasteiger partial charge in [-0.1, -0.05) is 6.92 Å². The highest BCUT2D eigenvalue weighted by Crippen LogP contribution is 2.43. The van der Waals surface area contributed by atoms with Gasteiger partial charge in [0.15, 0.2) is 27.1 Å². The third kappa shape index (κ3) is 4.87. The van der Waals surface area contributed by atoms with Crippen molar-refractivity contribution >= 4 is 26.8 Å². The third-order valence-electron chi connectivity index (χ3n) is 6.50. The van der Waals surface area contributed by atoms with E-state index in [1.165, 1.54) is 12.3 Å². The van der Waals surface area contributed by atoms with E-state index in [9.17, 15) is 13.2 Å². The van der Waals surface area contributed by atoms with Crippen LogP contribution in [0, 0.1) is 6.92 Å². The van der Waals surface area contributed by atoms with Crippen LogP contribution in [-0.4, -0.2) is 48.6 Å². The van der Waals surface area contributed by atoms with E-state index in [1.54, 1.807) is 30.1 Å². The molecule has 0 aliphatic heterocycles. The summed E-state index contributed by atoms with van der Waals surface area (Å²) in [6, 6.07) is 3.14. The van der Waals surface area contributed by atoms with Crippen molar-refractivity contribution in [2.24, 2.45) is 0 Å². The molecule has 1 saturated carbocycles. The molecule has 4 aromatic rings. The second-order valence-corrected chi connectivity index (χ2v) is 12.7. The maximum absolute atomic E-state index is 13.6. The van der Waals surface area contributed by atoms with E-state index in [2.05, 4.69) is 30.2 Å². The smallest absolute Gasteiger partial charge is 0.295 e. The van der Waals surface area contributed by atoms with Gasteiger partial charge in [-0.3, -0.25) is 14.3 Å². The fourth-order valence-corrected chi connectivity index (χ4v) is 5.14. The Hall–Kier alpha value is -3.80. The predicted octanol–water partition coefficient (Wildman–Crippen LogP) is 3.63. The van der Waals surface area contributed by atoms with Gasteiger partial charge in [0.25, 0.3) is 5.56 Å². The van der Waals surface area contributed by atoms with Crippen molar-refractivity contribution in [3.8, 4) is 11.4 Å². The lowest BCUT2D eigenvalue weighted by atomic mass is 10.1. The Bertz CT molecular complexity index is 1700. The largest absolute Gasteiger partial charge is 0.360 e. The number of nitrogens with one attached hydrogen (secondary N) is 1. The molecule has 0 bridgehead atoms. The van der Waals surface area contributed by atoms with Crippen LogP contribution in [0.25, 0.3) is 22.6 Å². The molecule has 0 amide bonds. The second-order valence-electron chi connectivity index (χ2n) is 10.4. The maximum atomic E-state index is 13.6. The summed E-state index contributed by atoms with van der Waals surface area (Å²) in [5.41, 5.74) is 3.08. The van der Waals surface area contributed by atoms with Crippen molar-refractivity contribution < 1.29 is 9.84 Å². The van der Waals surface area contributed by atoms with Crippen LogP contribution in [-0.2, 0) is 21.9 Å². The average Bonchev–Trinajstić information content (AvgIpc) is 3.72. The standard InChI is InChI=1S/C26H30N8O3S.H2/c1-6-38(36,37)18-10-9-17(27-12-18)11-28-23-25(35)34(26(3,4)5)24-19(32-23)13-29-22(33-24)20-15(2)30-14-31-21(20)16-7-8-16;/h9-10,12-14,16H,6-8,11H2,1-5H3,(H,28,32);1H. The van der Waals surface area contributed by atoms with Crippen molar-refractivity contribution in [1.82, 2.24) is 34.5 Å². The summed E-state index contributed by atoms with van der Waals surface area (Å²) in [6.45, 7) is 9.48. The SMILES string of the molecule is CCS(=O)(=O)c1ccc(CNc2nc3cnc(-c4c(C)ncnc4C4CC4)nc3n(C(C)(C)C)c2=O)nc1.[HH]. The van der Waals surface area contributed by atoms with Gasteiger partial charge in [-0.05, 0) is 52.7 Å². The Morgan fingerprint density at radius 1 is 1.08 bits per heavy atom. The Balaban J connectivity index is 0.00000353. The Labute approximate surface area is 222 Å². The fraction of sp³-hybridized carbons (Fsp3) is 0.423. The first kappa shape index (κ1) is 25.8. The van der Waals surface area contributed by atoms with Crippen LogP contribution in [0.1, 0.15) is 65.0 Å². The number of pyridine rings is 1. The molecule has 0 unspecified atom stereocenters. The quantitative estimate of drug-likeness (QED) is 0.371. The topological polar surface area (TPSA) is 146 Å². The van der Waals surface area contributed by atoms with Crippen LogP contribution in [0.4, 0.5) is 5.82 Å².